The van der Waals surface area contributed by atoms with E-state index in [4.69, 9.17) is 9.47 Å². The van der Waals surface area contributed by atoms with Gasteiger partial charge in [0.2, 0.25) is 11.8 Å². The molecular formula is C24H21NO4. The highest BCUT2D eigenvalue weighted by atomic mass is 16.5. The maximum atomic E-state index is 13.2. The highest BCUT2D eigenvalue weighted by molar-refractivity contribution is 6.22. The smallest absolute Gasteiger partial charge is 0.238 e. The number of amides is 2. The first kappa shape index (κ1) is 16.8. The van der Waals surface area contributed by atoms with Gasteiger partial charge in [-0.25, -0.2) is 0 Å². The zero-order valence-corrected chi connectivity index (χ0v) is 16.0. The van der Waals surface area contributed by atoms with Crippen LogP contribution in [0.1, 0.15) is 6.42 Å². The Balaban J connectivity index is 1.23. The van der Waals surface area contributed by atoms with Crippen molar-refractivity contribution in [2.24, 2.45) is 35.5 Å². The Morgan fingerprint density at radius 1 is 0.759 bits per heavy atom. The molecule has 146 valence electrons. The van der Waals surface area contributed by atoms with Gasteiger partial charge in [-0.05, 0) is 78.6 Å². The van der Waals surface area contributed by atoms with Gasteiger partial charge in [0.25, 0.3) is 0 Å². The lowest BCUT2D eigenvalue weighted by Gasteiger charge is -2.37. The number of nitrogens with zero attached hydrogens (tertiary/aromatic N) is 1. The van der Waals surface area contributed by atoms with Gasteiger partial charge in [0.1, 0.15) is 17.2 Å². The molecule has 5 heteroatoms. The summed E-state index contributed by atoms with van der Waals surface area (Å²) in [7, 11) is 1.62. The molecule has 5 aliphatic rings. The van der Waals surface area contributed by atoms with Crippen LogP contribution in [0.5, 0.6) is 17.2 Å². The largest absolute Gasteiger partial charge is 0.497 e. The van der Waals surface area contributed by atoms with Crippen molar-refractivity contribution < 1.29 is 19.1 Å². The fraction of sp³-hybridized carbons (Fsp3) is 0.333. The van der Waals surface area contributed by atoms with Crippen molar-refractivity contribution in [1.82, 2.24) is 0 Å². The van der Waals surface area contributed by atoms with Crippen molar-refractivity contribution in [3.05, 3.63) is 60.7 Å². The number of rotatable bonds is 4. The molecule has 0 radical (unpaired) electrons. The number of hydrogen-bond donors (Lipinski definition) is 0. The van der Waals surface area contributed by atoms with Crippen molar-refractivity contribution in [2.45, 2.75) is 6.42 Å². The fourth-order valence-electron chi connectivity index (χ4n) is 5.65. The molecule has 5 nitrogen and oxygen atoms in total. The average Bonchev–Trinajstić information content (AvgIpc) is 3.53. The molecule has 2 amide bonds. The Bertz CT molecular complexity index is 990. The molecule has 2 aromatic carbocycles. The van der Waals surface area contributed by atoms with E-state index in [1.807, 2.05) is 24.3 Å². The molecule has 0 N–H and O–H groups in total. The van der Waals surface area contributed by atoms with E-state index < -0.39 is 0 Å². The lowest BCUT2D eigenvalue weighted by atomic mass is 9.63. The summed E-state index contributed by atoms with van der Waals surface area (Å²) >= 11 is 0. The minimum absolute atomic E-state index is 0.0338. The third-order valence-corrected chi connectivity index (χ3v) is 7.05. The van der Waals surface area contributed by atoms with Gasteiger partial charge in [-0.2, -0.15) is 0 Å². The molecule has 7 rings (SSSR count). The summed E-state index contributed by atoms with van der Waals surface area (Å²) in [6.07, 6.45) is 5.56. The van der Waals surface area contributed by atoms with Crippen molar-refractivity contribution in [1.29, 1.82) is 0 Å². The zero-order valence-electron chi connectivity index (χ0n) is 16.0. The van der Waals surface area contributed by atoms with Gasteiger partial charge in [-0.3, -0.25) is 14.5 Å². The van der Waals surface area contributed by atoms with Gasteiger partial charge < -0.3 is 9.47 Å². The Morgan fingerprint density at radius 3 is 1.76 bits per heavy atom. The zero-order chi connectivity index (χ0) is 19.7. The van der Waals surface area contributed by atoms with E-state index >= 15 is 0 Å². The number of carbonyl (C=O) groups excluding carboxylic acids is 2. The van der Waals surface area contributed by atoms with Crippen molar-refractivity contribution in [3.63, 3.8) is 0 Å². The first-order chi connectivity index (χ1) is 14.2. The SMILES string of the molecule is COc1ccc(Oc2ccc(N3C(=O)[C@@H]4[C@@H]5C=C[C@@H]([C@@H]6C[C@H]56)[C@@H]4C3=O)cc2)cc1. The number of allylic oxidation sites excluding steroid dienone is 2. The maximum absolute atomic E-state index is 13.2. The second-order valence-corrected chi connectivity index (χ2v) is 8.44. The summed E-state index contributed by atoms with van der Waals surface area (Å²) in [6, 6.07) is 14.5. The summed E-state index contributed by atoms with van der Waals surface area (Å²) in [6.45, 7) is 0. The van der Waals surface area contributed by atoms with Gasteiger partial charge in [-0.15, -0.1) is 0 Å². The molecule has 2 aromatic rings. The fourth-order valence-corrected chi connectivity index (χ4v) is 5.65. The Kier molecular flexibility index (Phi) is 3.46. The second-order valence-electron chi connectivity index (χ2n) is 8.44. The molecule has 29 heavy (non-hydrogen) atoms. The lowest BCUT2D eigenvalue weighted by Crippen LogP contribution is -2.40. The lowest BCUT2D eigenvalue weighted by molar-refractivity contribution is -0.124. The van der Waals surface area contributed by atoms with Crippen LogP contribution in [0.2, 0.25) is 0 Å². The molecule has 1 saturated heterocycles. The number of benzene rings is 2. The second kappa shape index (κ2) is 5.96. The van der Waals surface area contributed by atoms with Crippen LogP contribution in [0.3, 0.4) is 0 Å². The van der Waals surface area contributed by atoms with Crippen LogP contribution in [0.25, 0.3) is 0 Å². The van der Waals surface area contributed by atoms with E-state index in [0.717, 1.165) is 5.75 Å². The monoisotopic (exact) mass is 387 g/mol. The normalized spacial score (nSPS) is 33.5. The third-order valence-electron chi connectivity index (χ3n) is 7.05. The van der Waals surface area contributed by atoms with E-state index in [0.29, 0.717) is 29.0 Å². The molecule has 0 unspecified atom stereocenters. The standard InChI is InChI=1S/C24H21NO4/c1-28-14-6-8-16(9-7-14)29-15-4-2-13(3-5-15)25-23(26)21-17-10-11-18(20-12-19(17)20)22(21)24(25)27/h2-11,17-22H,12H2,1H3/t17-,18+,19-,20+,21-,22+. The van der Waals surface area contributed by atoms with E-state index in [-0.39, 0.29) is 35.5 Å². The van der Waals surface area contributed by atoms with E-state index in [1.54, 1.807) is 31.4 Å². The van der Waals surface area contributed by atoms with Gasteiger partial charge in [0, 0.05) is 0 Å². The summed E-state index contributed by atoms with van der Waals surface area (Å²) in [4.78, 5) is 27.7. The summed E-state index contributed by atoms with van der Waals surface area (Å²) < 4.78 is 11.0. The molecule has 2 bridgehead atoms. The van der Waals surface area contributed by atoms with E-state index in [9.17, 15) is 9.59 Å². The molecule has 1 heterocycles. The van der Waals surface area contributed by atoms with Crippen LogP contribution in [0.15, 0.2) is 60.7 Å². The molecule has 3 fully saturated rings. The molecular weight excluding hydrogens is 366 g/mol. The Hall–Kier alpha value is -3.08. The van der Waals surface area contributed by atoms with Gasteiger partial charge in [0.05, 0.1) is 24.6 Å². The van der Waals surface area contributed by atoms with Crippen LogP contribution in [0.4, 0.5) is 5.69 Å². The number of imide groups is 1. The van der Waals surface area contributed by atoms with E-state index in [1.165, 1.54) is 11.3 Å². The van der Waals surface area contributed by atoms with Gasteiger partial charge in [0.15, 0.2) is 0 Å². The minimum atomic E-state index is -0.170. The van der Waals surface area contributed by atoms with Gasteiger partial charge in [-0.1, -0.05) is 12.2 Å². The molecule has 4 aliphatic carbocycles. The predicted octanol–water partition coefficient (Wildman–Crippen LogP) is 4.05. The Labute approximate surface area is 168 Å². The van der Waals surface area contributed by atoms with Crippen LogP contribution in [0, 0.1) is 35.5 Å². The number of ether oxygens (including phenoxy) is 2. The predicted molar refractivity (Wildman–Crippen MR) is 107 cm³/mol. The number of carbonyl (C=O) groups is 2. The first-order valence-electron chi connectivity index (χ1n) is 10.1. The molecule has 6 atom stereocenters. The molecule has 0 aromatic heterocycles. The number of anilines is 1. The van der Waals surface area contributed by atoms with Crippen LogP contribution < -0.4 is 14.4 Å². The van der Waals surface area contributed by atoms with Crippen molar-refractivity contribution in [3.8, 4) is 17.2 Å². The minimum Gasteiger partial charge on any atom is -0.497 e. The quantitative estimate of drug-likeness (QED) is 0.587. The summed E-state index contributed by atoms with van der Waals surface area (Å²) in [5.74, 6) is 3.42. The topological polar surface area (TPSA) is 55.8 Å². The van der Waals surface area contributed by atoms with Crippen LogP contribution in [-0.4, -0.2) is 18.9 Å². The number of methoxy groups -OCH3 is 1. The first-order valence-corrected chi connectivity index (χ1v) is 10.1. The molecule has 1 aliphatic heterocycles. The van der Waals surface area contributed by atoms with Crippen LogP contribution >= 0.6 is 0 Å². The molecule has 2 saturated carbocycles. The van der Waals surface area contributed by atoms with Gasteiger partial charge >= 0.3 is 0 Å². The summed E-state index contributed by atoms with van der Waals surface area (Å²) in [5, 5.41) is 0. The summed E-state index contributed by atoms with van der Waals surface area (Å²) in [5.41, 5.74) is 0.629. The highest BCUT2D eigenvalue weighted by Gasteiger charge is 2.67. The Morgan fingerprint density at radius 2 is 1.24 bits per heavy atom. The van der Waals surface area contributed by atoms with Crippen molar-refractivity contribution in [2.75, 3.05) is 12.0 Å². The van der Waals surface area contributed by atoms with E-state index in [2.05, 4.69) is 12.2 Å². The maximum Gasteiger partial charge on any atom is 0.238 e. The third kappa shape index (κ3) is 2.40. The average molecular weight is 387 g/mol. The molecule has 0 spiro atoms. The number of hydrogen-bond acceptors (Lipinski definition) is 4. The highest BCUT2D eigenvalue weighted by Crippen LogP contribution is 2.65. The van der Waals surface area contributed by atoms with Crippen LogP contribution in [-0.2, 0) is 9.59 Å². The van der Waals surface area contributed by atoms with Crippen molar-refractivity contribution >= 4 is 17.5 Å².